The molecule has 0 aliphatic rings. The zero-order valence-corrected chi connectivity index (χ0v) is 9.81. The molecule has 0 N–H and O–H groups in total. The fraction of sp³-hybridized carbons (Fsp3) is 0.778. The van der Waals surface area contributed by atoms with Crippen molar-refractivity contribution in [2.45, 2.75) is 26.7 Å². The van der Waals surface area contributed by atoms with E-state index in [1.165, 1.54) is 7.11 Å². The summed E-state index contributed by atoms with van der Waals surface area (Å²) < 4.78 is 4.62. The number of alkyl halides is 1. The van der Waals surface area contributed by atoms with Crippen LogP contribution < -0.4 is 0 Å². The quantitative estimate of drug-likeness (QED) is 0.554. The van der Waals surface area contributed by atoms with E-state index in [9.17, 15) is 9.59 Å². The van der Waals surface area contributed by atoms with Gasteiger partial charge in [0.2, 0.25) is 0 Å². The maximum Gasteiger partial charge on any atom is 0.311 e. The zero-order valence-electron chi connectivity index (χ0n) is 8.22. The molecule has 0 rings (SSSR count). The van der Waals surface area contributed by atoms with Gasteiger partial charge in [0.05, 0.1) is 17.9 Å². The second-order valence-corrected chi connectivity index (χ2v) is 4.11. The molecule has 0 saturated carbocycles. The van der Waals surface area contributed by atoms with Crippen LogP contribution >= 0.6 is 15.9 Å². The van der Waals surface area contributed by atoms with Crippen LogP contribution in [0.3, 0.4) is 0 Å². The molecule has 0 aromatic heterocycles. The number of Topliss-reactive ketones (excluding diaryl/α,β-unsaturated/α-hetero) is 1. The minimum absolute atomic E-state index is 0.108. The smallest absolute Gasteiger partial charge is 0.311 e. The lowest BCUT2D eigenvalue weighted by atomic mass is 9.87. The third-order valence-corrected chi connectivity index (χ3v) is 2.54. The number of carbonyl (C=O) groups excluding carboxylic acids is 2. The van der Waals surface area contributed by atoms with Gasteiger partial charge in [-0.1, -0.05) is 15.9 Å². The van der Waals surface area contributed by atoms with Crippen molar-refractivity contribution in [2.75, 3.05) is 12.4 Å². The summed E-state index contributed by atoms with van der Waals surface area (Å²) >= 11 is 3.07. The molecule has 76 valence electrons. The molecule has 4 heteroatoms. The molecule has 0 aromatic carbocycles. The molecule has 3 nitrogen and oxygen atoms in total. The fourth-order valence-corrected chi connectivity index (χ4v) is 1.18. The zero-order chi connectivity index (χ0) is 10.5. The van der Waals surface area contributed by atoms with Gasteiger partial charge in [-0.3, -0.25) is 9.59 Å². The van der Waals surface area contributed by atoms with Crippen molar-refractivity contribution >= 4 is 27.7 Å². The second-order valence-electron chi connectivity index (χ2n) is 3.55. The predicted molar refractivity (Wildman–Crippen MR) is 53.8 cm³/mol. The van der Waals surface area contributed by atoms with Crippen molar-refractivity contribution in [3.05, 3.63) is 0 Å². The molecule has 0 aliphatic carbocycles. The number of halogens is 1. The summed E-state index contributed by atoms with van der Waals surface area (Å²) in [5.74, 6) is -0.160. The summed E-state index contributed by atoms with van der Waals surface area (Å²) in [6.45, 7) is 3.56. The van der Waals surface area contributed by atoms with Crippen LogP contribution in [-0.4, -0.2) is 24.2 Å². The van der Waals surface area contributed by atoms with E-state index in [4.69, 9.17) is 0 Å². The lowest BCUT2D eigenvalue weighted by Crippen LogP contribution is -2.26. The summed E-state index contributed by atoms with van der Waals surface area (Å²) in [5, 5.41) is 0.351. The molecule has 0 bridgehead atoms. The average molecular weight is 251 g/mol. The van der Waals surface area contributed by atoms with Crippen LogP contribution in [0.1, 0.15) is 26.7 Å². The summed E-state index contributed by atoms with van der Waals surface area (Å²) in [5.41, 5.74) is -0.563. The Hall–Kier alpha value is -0.380. The van der Waals surface area contributed by atoms with E-state index >= 15 is 0 Å². The fourth-order valence-electron chi connectivity index (χ4n) is 0.897. The maximum atomic E-state index is 11.2. The molecule has 0 heterocycles. The molecule has 0 radical (unpaired) electrons. The van der Waals surface area contributed by atoms with Crippen LogP contribution in [0, 0.1) is 5.41 Å². The Morgan fingerprint density at radius 2 is 1.92 bits per heavy atom. The first-order valence-electron chi connectivity index (χ1n) is 4.10. The van der Waals surface area contributed by atoms with Gasteiger partial charge in [-0.15, -0.1) is 0 Å². The first kappa shape index (κ1) is 12.6. The van der Waals surface area contributed by atoms with E-state index in [-0.39, 0.29) is 11.8 Å². The molecule has 0 aliphatic heterocycles. The molecule has 0 aromatic rings. The second kappa shape index (κ2) is 5.37. The van der Waals surface area contributed by atoms with Crippen molar-refractivity contribution in [1.82, 2.24) is 0 Å². The van der Waals surface area contributed by atoms with E-state index in [2.05, 4.69) is 20.7 Å². The summed E-state index contributed by atoms with van der Waals surface area (Å²) in [6.07, 6.45) is 0.942. The SMILES string of the molecule is COC(=O)C(C)(C)CCC(=O)CBr. The molecule has 0 unspecified atom stereocenters. The summed E-state index contributed by atoms with van der Waals surface area (Å²) in [7, 11) is 1.36. The van der Waals surface area contributed by atoms with Gasteiger partial charge in [-0.25, -0.2) is 0 Å². The van der Waals surface area contributed by atoms with Gasteiger partial charge in [-0.05, 0) is 20.3 Å². The monoisotopic (exact) mass is 250 g/mol. The van der Waals surface area contributed by atoms with Crippen LogP contribution in [0.5, 0.6) is 0 Å². The Balaban J connectivity index is 4.03. The standard InChI is InChI=1S/C9H15BrO3/c1-9(2,8(12)13-3)5-4-7(11)6-10/h4-6H2,1-3H3. The Kier molecular flexibility index (Phi) is 5.21. The van der Waals surface area contributed by atoms with E-state index in [0.29, 0.717) is 18.2 Å². The summed E-state index contributed by atoms with van der Waals surface area (Å²) in [4.78, 5) is 22.2. The van der Waals surface area contributed by atoms with Crippen LogP contribution in [0.15, 0.2) is 0 Å². The van der Waals surface area contributed by atoms with Crippen molar-refractivity contribution in [1.29, 1.82) is 0 Å². The molecule has 0 fully saturated rings. The van der Waals surface area contributed by atoms with Crippen molar-refractivity contribution in [3.63, 3.8) is 0 Å². The molecule has 0 spiro atoms. The van der Waals surface area contributed by atoms with Crippen molar-refractivity contribution in [3.8, 4) is 0 Å². The third-order valence-electron chi connectivity index (χ3n) is 1.92. The Bertz CT molecular complexity index is 199. The van der Waals surface area contributed by atoms with Crippen molar-refractivity contribution < 1.29 is 14.3 Å². The van der Waals surface area contributed by atoms with Crippen LogP contribution in [0.25, 0.3) is 0 Å². The maximum absolute atomic E-state index is 11.2. The van der Waals surface area contributed by atoms with Gasteiger partial charge in [0.25, 0.3) is 0 Å². The van der Waals surface area contributed by atoms with Gasteiger partial charge < -0.3 is 4.74 Å². The lowest BCUT2D eigenvalue weighted by molar-refractivity contribution is -0.151. The third kappa shape index (κ3) is 4.41. The van der Waals surface area contributed by atoms with E-state index in [0.717, 1.165) is 0 Å². The lowest BCUT2D eigenvalue weighted by Gasteiger charge is -2.20. The minimum Gasteiger partial charge on any atom is -0.469 e. The topological polar surface area (TPSA) is 43.4 Å². The number of carbonyl (C=O) groups is 2. The highest BCUT2D eigenvalue weighted by atomic mass is 79.9. The highest BCUT2D eigenvalue weighted by Crippen LogP contribution is 2.23. The number of hydrogen-bond acceptors (Lipinski definition) is 3. The Labute approximate surface area is 87.0 Å². The van der Waals surface area contributed by atoms with Crippen molar-refractivity contribution in [2.24, 2.45) is 5.41 Å². The number of esters is 1. The summed E-state index contributed by atoms with van der Waals surface area (Å²) in [6, 6.07) is 0. The first-order chi connectivity index (χ1) is 5.94. The van der Waals surface area contributed by atoms with Gasteiger partial charge in [-0.2, -0.15) is 0 Å². The first-order valence-corrected chi connectivity index (χ1v) is 5.22. The number of ether oxygens (including phenoxy) is 1. The molecular formula is C9H15BrO3. The number of rotatable bonds is 5. The predicted octanol–water partition coefficient (Wildman–Crippen LogP) is 1.93. The van der Waals surface area contributed by atoms with E-state index < -0.39 is 5.41 Å². The number of hydrogen-bond donors (Lipinski definition) is 0. The van der Waals surface area contributed by atoms with Gasteiger partial charge in [0, 0.05) is 6.42 Å². The van der Waals surface area contributed by atoms with E-state index in [1.54, 1.807) is 13.8 Å². The van der Waals surface area contributed by atoms with E-state index in [1.807, 2.05) is 0 Å². The molecular weight excluding hydrogens is 236 g/mol. The van der Waals surface area contributed by atoms with Crippen LogP contribution in [0.2, 0.25) is 0 Å². The normalized spacial score (nSPS) is 11.1. The largest absolute Gasteiger partial charge is 0.469 e. The molecule has 13 heavy (non-hydrogen) atoms. The molecule has 0 amide bonds. The van der Waals surface area contributed by atoms with Gasteiger partial charge >= 0.3 is 5.97 Å². The number of methoxy groups -OCH3 is 1. The van der Waals surface area contributed by atoms with Gasteiger partial charge in [0.15, 0.2) is 0 Å². The Morgan fingerprint density at radius 3 is 2.31 bits per heavy atom. The highest BCUT2D eigenvalue weighted by molar-refractivity contribution is 9.09. The van der Waals surface area contributed by atoms with Gasteiger partial charge in [0.1, 0.15) is 5.78 Å². The number of ketones is 1. The minimum atomic E-state index is -0.563. The molecule has 0 atom stereocenters. The Morgan fingerprint density at radius 1 is 1.38 bits per heavy atom. The average Bonchev–Trinajstić information content (AvgIpc) is 2.12. The van der Waals surface area contributed by atoms with Crippen LogP contribution in [0.4, 0.5) is 0 Å². The van der Waals surface area contributed by atoms with Crippen LogP contribution in [-0.2, 0) is 14.3 Å². The molecule has 0 saturated heterocycles. The highest BCUT2D eigenvalue weighted by Gasteiger charge is 2.28.